The minimum absolute atomic E-state index is 0.0463. The largest absolute Gasteiger partial charge is 0.466 e. The van der Waals surface area contributed by atoms with Gasteiger partial charge < -0.3 is 4.42 Å². The Bertz CT molecular complexity index is 622. The summed E-state index contributed by atoms with van der Waals surface area (Å²) >= 11 is 0. The fourth-order valence-electron chi connectivity index (χ4n) is 2.19. The number of benzene rings is 1. The Hall–Kier alpha value is -1.97. The van der Waals surface area contributed by atoms with Gasteiger partial charge in [-0.2, -0.15) is 0 Å². The highest BCUT2D eigenvalue weighted by atomic mass is 19.1. The van der Waals surface area contributed by atoms with Crippen molar-refractivity contribution in [1.82, 2.24) is 0 Å². The molecule has 0 N–H and O–H groups in total. The Labute approximate surface area is 110 Å². The van der Waals surface area contributed by atoms with E-state index in [0.717, 1.165) is 11.6 Å². The molecule has 0 aliphatic rings. The Morgan fingerprint density at radius 1 is 1.05 bits per heavy atom. The average molecular weight is 264 g/mol. The van der Waals surface area contributed by atoms with Gasteiger partial charge in [-0.05, 0) is 38.5 Å². The molecule has 0 saturated heterocycles. The monoisotopic (exact) mass is 264 g/mol. The second kappa shape index (κ2) is 4.96. The van der Waals surface area contributed by atoms with Crippen molar-refractivity contribution >= 4 is 5.78 Å². The SMILES string of the molecule is Cc1oc(C)c(C(=O)Cc2cc(F)cc(F)c2)c1C. The molecule has 0 unspecified atom stereocenters. The zero-order chi connectivity index (χ0) is 14.2. The van der Waals surface area contributed by atoms with Crippen LogP contribution in [0.3, 0.4) is 0 Å². The van der Waals surface area contributed by atoms with Gasteiger partial charge in [-0.1, -0.05) is 0 Å². The lowest BCUT2D eigenvalue weighted by atomic mass is 10.00. The molecule has 2 aromatic rings. The van der Waals surface area contributed by atoms with Crippen molar-refractivity contribution in [2.75, 3.05) is 0 Å². The topological polar surface area (TPSA) is 30.2 Å². The number of Topliss-reactive ketones (excluding diaryl/α,β-unsaturated/α-hetero) is 1. The molecule has 2 nitrogen and oxygen atoms in total. The number of hydrogen-bond donors (Lipinski definition) is 0. The highest BCUT2D eigenvalue weighted by Crippen LogP contribution is 2.22. The normalized spacial score (nSPS) is 10.8. The highest BCUT2D eigenvalue weighted by Gasteiger charge is 2.19. The van der Waals surface area contributed by atoms with Crippen LogP contribution in [-0.2, 0) is 6.42 Å². The highest BCUT2D eigenvalue weighted by molar-refractivity contribution is 5.99. The van der Waals surface area contributed by atoms with E-state index in [1.165, 1.54) is 12.1 Å². The number of rotatable bonds is 3. The summed E-state index contributed by atoms with van der Waals surface area (Å²) in [6.07, 6.45) is -0.0463. The summed E-state index contributed by atoms with van der Waals surface area (Å²) in [5.41, 5.74) is 1.60. The first-order valence-corrected chi connectivity index (χ1v) is 5.93. The maximum absolute atomic E-state index is 13.1. The molecular weight excluding hydrogens is 250 g/mol. The van der Waals surface area contributed by atoms with Crippen LogP contribution in [0.1, 0.15) is 33.0 Å². The van der Waals surface area contributed by atoms with Gasteiger partial charge in [0.1, 0.15) is 23.2 Å². The average Bonchev–Trinajstić information content (AvgIpc) is 2.51. The van der Waals surface area contributed by atoms with Gasteiger partial charge in [-0.15, -0.1) is 0 Å². The van der Waals surface area contributed by atoms with Crippen molar-refractivity contribution in [3.05, 3.63) is 58.0 Å². The van der Waals surface area contributed by atoms with Gasteiger partial charge in [0.05, 0.1) is 5.56 Å². The minimum atomic E-state index is -0.681. The minimum Gasteiger partial charge on any atom is -0.466 e. The molecule has 0 bridgehead atoms. The molecule has 2 rings (SSSR count). The van der Waals surface area contributed by atoms with E-state index in [9.17, 15) is 13.6 Å². The lowest BCUT2D eigenvalue weighted by molar-refractivity contribution is 0.0991. The number of ketones is 1. The van der Waals surface area contributed by atoms with E-state index in [4.69, 9.17) is 4.42 Å². The van der Waals surface area contributed by atoms with Crippen LogP contribution in [0.4, 0.5) is 8.78 Å². The molecule has 0 aliphatic carbocycles. The van der Waals surface area contributed by atoms with Gasteiger partial charge in [0.25, 0.3) is 0 Å². The summed E-state index contributed by atoms with van der Waals surface area (Å²) in [6.45, 7) is 5.28. The summed E-state index contributed by atoms with van der Waals surface area (Å²) < 4.78 is 31.5. The van der Waals surface area contributed by atoms with Gasteiger partial charge in [0, 0.05) is 18.1 Å². The fraction of sp³-hybridized carbons (Fsp3) is 0.267. The molecule has 0 amide bonds. The van der Waals surface area contributed by atoms with Crippen LogP contribution in [0, 0.1) is 32.4 Å². The van der Waals surface area contributed by atoms with Gasteiger partial charge in [-0.3, -0.25) is 4.79 Å². The Morgan fingerprint density at radius 3 is 2.11 bits per heavy atom. The Balaban J connectivity index is 2.30. The summed E-state index contributed by atoms with van der Waals surface area (Å²) in [5, 5.41) is 0. The predicted molar refractivity (Wildman–Crippen MR) is 67.3 cm³/mol. The van der Waals surface area contributed by atoms with Crippen molar-refractivity contribution in [2.45, 2.75) is 27.2 Å². The predicted octanol–water partition coefficient (Wildman–Crippen LogP) is 3.91. The summed E-state index contributed by atoms with van der Waals surface area (Å²) in [7, 11) is 0. The van der Waals surface area contributed by atoms with E-state index in [1.807, 2.05) is 0 Å². The van der Waals surface area contributed by atoms with E-state index < -0.39 is 11.6 Å². The lowest BCUT2D eigenvalue weighted by Gasteiger charge is -2.03. The van der Waals surface area contributed by atoms with E-state index in [-0.39, 0.29) is 12.2 Å². The van der Waals surface area contributed by atoms with Crippen LogP contribution in [0.2, 0.25) is 0 Å². The second-order valence-electron chi connectivity index (χ2n) is 4.59. The summed E-state index contributed by atoms with van der Waals surface area (Å²) in [4.78, 5) is 12.2. The van der Waals surface area contributed by atoms with Gasteiger partial charge in [0.2, 0.25) is 0 Å². The van der Waals surface area contributed by atoms with E-state index >= 15 is 0 Å². The molecule has 0 saturated carbocycles. The Morgan fingerprint density at radius 2 is 1.63 bits per heavy atom. The molecule has 0 atom stereocenters. The van der Waals surface area contributed by atoms with Crippen LogP contribution in [0.25, 0.3) is 0 Å². The third-order valence-electron chi connectivity index (χ3n) is 3.13. The number of aryl methyl sites for hydroxylation is 2. The standard InChI is InChI=1S/C15H14F2O2/c1-8-9(2)19-10(3)15(8)14(18)6-11-4-12(16)7-13(17)5-11/h4-5,7H,6H2,1-3H3. The van der Waals surface area contributed by atoms with Crippen molar-refractivity contribution in [3.8, 4) is 0 Å². The number of furan rings is 1. The maximum atomic E-state index is 13.1. The molecule has 0 aliphatic heterocycles. The van der Waals surface area contributed by atoms with Gasteiger partial charge in [0.15, 0.2) is 5.78 Å². The Kier molecular flexibility index (Phi) is 3.51. The molecule has 0 radical (unpaired) electrons. The summed E-state index contributed by atoms with van der Waals surface area (Å²) in [5.74, 6) is -0.334. The van der Waals surface area contributed by atoms with Crippen molar-refractivity contribution < 1.29 is 18.0 Å². The first kappa shape index (κ1) is 13.5. The maximum Gasteiger partial charge on any atom is 0.171 e. The molecule has 0 spiro atoms. The van der Waals surface area contributed by atoms with Crippen LogP contribution in [0.5, 0.6) is 0 Å². The lowest BCUT2D eigenvalue weighted by Crippen LogP contribution is -2.06. The van der Waals surface area contributed by atoms with Crippen molar-refractivity contribution in [2.24, 2.45) is 0 Å². The molecule has 0 fully saturated rings. The first-order valence-electron chi connectivity index (χ1n) is 5.93. The molecule has 4 heteroatoms. The van der Waals surface area contributed by atoms with Crippen LogP contribution >= 0.6 is 0 Å². The second-order valence-corrected chi connectivity index (χ2v) is 4.59. The number of carbonyl (C=O) groups excluding carboxylic acids is 1. The quantitative estimate of drug-likeness (QED) is 0.787. The number of halogens is 2. The molecule has 1 aromatic carbocycles. The molecule has 1 aromatic heterocycles. The van der Waals surface area contributed by atoms with E-state index in [1.54, 1.807) is 20.8 Å². The van der Waals surface area contributed by atoms with Crippen LogP contribution in [0.15, 0.2) is 22.6 Å². The van der Waals surface area contributed by atoms with Crippen LogP contribution in [-0.4, -0.2) is 5.78 Å². The zero-order valence-electron chi connectivity index (χ0n) is 11.0. The smallest absolute Gasteiger partial charge is 0.171 e. The zero-order valence-corrected chi connectivity index (χ0v) is 11.0. The fourth-order valence-corrected chi connectivity index (χ4v) is 2.19. The molecule has 100 valence electrons. The summed E-state index contributed by atoms with van der Waals surface area (Å²) in [6, 6.07) is 3.11. The molecule has 19 heavy (non-hydrogen) atoms. The van der Waals surface area contributed by atoms with E-state index in [0.29, 0.717) is 22.6 Å². The number of carbonyl (C=O) groups is 1. The third-order valence-corrected chi connectivity index (χ3v) is 3.13. The number of hydrogen-bond acceptors (Lipinski definition) is 2. The van der Waals surface area contributed by atoms with Gasteiger partial charge >= 0.3 is 0 Å². The van der Waals surface area contributed by atoms with E-state index in [2.05, 4.69) is 0 Å². The van der Waals surface area contributed by atoms with Crippen molar-refractivity contribution in [1.29, 1.82) is 0 Å². The third kappa shape index (κ3) is 2.72. The van der Waals surface area contributed by atoms with Crippen LogP contribution < -0.4 is 0 Å². The van der Waals surface area contributed by atoms with Crippen molar-refractivity contribution in [3.63, 3.8) is 0 Å². The van der Waals surface area contributed by atoms with Gasteiger partial charge in [-0.25, -0.2) is 8.78 Å². The first-order chi connectivity index (χ1) is 8.88. The molecule has 1 heterocycles. The molecular formula is C15H14F2O2.